The van der Waals surface area contributed by atoms with Gasteiger partial charge < -0.3 is 15.3 Å². The van der Waals surface area contributed by atoms with Crippen LogP contribution < -0.4 is 5.32 Å². The van der Waals surface area contributed by atoms with Crippen molar-refractivity contribution in [3.63, 3.8) is 0 Å². The van der Waals surface area contributed by atoms with E-state index in [0.29, 0.717) is 13.1 Å². The fraction of sp³-hybridized carbons (Fsp3) is 0.429. The molecular weight excluding hydrogens is 324 g/mol. The first-order chi connectivity index (χ1) is 9.45. The number of hydrogen-bond acceptors (Lipinski definition) is 2. The summed E-state index contributed by atoms with van der Waals surface area (Å²) in [4.78, 5) is 24.4. The number of halogens is 1. The highest BCUT2D eigenvalue weighted by atomic mass is 79.9. The lowest BCUT2D eigenvalue weighted by Crippen LogP contribution is -2.33. The number of hydrogen-bond donors (Lipinski definition) is 2. The molecule has 1 saturated heterocycles. The molecule has 20 heavy (non-hydrogen) atoms. The number of likely N-dealkylation sites (tertiary alicyclic amines) is 1. The van der Waals surface area contributed by atoms with Crippen molar-refractivity contribution in [1.29, 1.82) is 0 Å². The van der Waals surface area contributed by atoms with E-state index in [-0.39, 0.29) is 18.4 Å². The topological polar surface area (TPSA) is 69.6 Å². The molecule has 108 valence electrons. The normalized spacial score (nSPS) is 18.1. The summed E-state index contributed by atoms with van der Waals surface area (Å²) in [5.74, 6) is -0.747. The number of nitrogens with one attached hydrogen (secondary N) is 1. The van der Waals surface area contributed by atoms with Crippen molar-refractivity contribution < 1.29 is 14.7 Å². The molecule has 0 bridgehead atoms. The van der Waals surface area contributed by atoms with Crippen molar-refractivity contribution in [2.45, 2.75) is 19.8 Å². The highest BCUT2D eigenvalue weighted by Crippen LogP contribution is 2.23. The molecule has 1 aliphatic rings. The number of rotatable bonds is 3. The lowest BCUT2D eigenvalue weighted by Gasteiger charge is -2.17. The molecule has 0 spiro atoms. The Morgan fingerprint density at radius 2 is 2.25 bits per heavy atom. The maximum Gasteiger partial charge on any atom is 0.321 e. The van der Waals surface area contributed by atoms with E-state index < -0.39 is 5.97 Å². The Labute approximate surface area is 126 Å². The van der Waals surface area contributed by atoms with Crippen molar-refractivity contribution in [2.24, 2.45) is 5.92 Å². The number of aryl methyl sites for hydroxylation is 1. The Kier molecular flexibility index (Phi) is 4.65. The van der Waals surface area contributed by atoms with E-state index in [9.17, 15) is 9.59 Å². The smallest absolute Gasteiger partial charge is 0.321 e. The standard InChI is InChI=1S/C14H17BrN2O3/c1-9-2-3-11(7-12(9)15)16-14(20)17-5-4-10(8-17)6-13(18)19/h2-3,7,10H,4-6,8H2,1H3,(H,16,20)(H,18,19). The van der Waals surface area contributed by atoms with Gasteiger partial charge in [0, 0.05) is 29.7 Å². The number of urea groups is 1. The average molecular weight is 341 g/mol. The van der Waals surface area contributed by atoms with Crippen LogP contribution in [0.4, 0.5) is 10.5 Å². The molecule has 5 nitrogen and oxygen atoms in total. The Balaban J connectivity index is 1.92. The zero-order valence-electron chi connectivity index (χ0n) is 11.2. The second-order valence-corrected chi connectivity index (χ2v) is 5.95. The highest BCUT2D eigenvalue weighted by molar-refractivity contribution is 9.10. The van der Waals surface area contributed by atoms with E-state index in [0.717, 1.165) is 22.1 Å². The summed E-state index contributed by atoms with van der Waals surface area (Å²) in [7, 11) is 0. The second kappa shape index (κ2) is 6.26. The Morgan fingerprint density at radius 1 is 1.50 bits per heavy atom. The number of nitrogens with zero attached hydrogens (tertiary/aromatic N) is 1. The van der Waals surface area contributed by atoms with Crippen LogP contribution in [-0.2, 0) is 4.79 Å². The third-order valence-electron chi connectivity index (χ3n) is 3.46. The van der Waals surface area contributed by atoms with Gasteiger partial charge in [0.15, 0.2) is 0 Å². The fourth-order valence-electron chi connectivity index (χ4n) is 2.30. The predicted octanol–water partition coefficient (Wildman–Crippen LogP) is 3.09. The van der Waals surface area contributed by atoms with Gasteiger partial charge in [0.05, 0.1) is 0 Å². The van der Waals surface area contributed by atoms with Crippen molar-refractivity contribution in [3.05, 3.63) is 28.2 Å². The first kappa shape index (κ1) is 14.8. The quantitative estimate of drug-likeness (QED) is 0.888. The molecule has 2 amide bonds. The zero-order valence-corrected chi connectivity index (χ0v) is 12.8. The molecular formula is C14H17BrN2O3. The molecule has 1 atom stereocenters. The van der Waals surface area contributed by atoms with Gasteiger partial charge in [-0.05, 0) is 37.0 Å². The predicted molar refractivity (Wildman–Crippen MR) is 79.8 cm³/mol. The van der Waals surface area contributed by atoms with E-state index in [4.69, 9.17) is 5.11 Å². The van der Waals surface area contributed by atoms with Crippen LogP contribution in [0.1, 0.15) is 18.4 Å². The van der Waals surface area contributed by atoms with Crippen LogP contribution >= 0.6 is 15.9 Å². The second-order valence-electron chi connectivity index (χ2n) is 5.09. The number of carbonyl (C=O) groups excluding carboxylic acids is 1. The summed E-state index contributed by atoms with van der Waals surface area (Å²) >= 11 is 3.43. The SMILES string of the molecule is Cc1ccc(NC(=O)N2CCC(CC(=O)O)C2)cc1Br. The van der Waals surface area contributed by atoms with Gasteiger partial charge in [-0.15, -0.1) is 0 Å². The molecule has 2 N–H and O–H groups in total. The lowest BCUT2D eigenvalue weighted by molar-refractivity contribution is -0.138. The van der Waals surface area contributed by atoms with Gasteiger partial charge in [0.25, 0.3) is 0 Å². The van der Waals surface area contributed by atoms with Gasteiger partial charge in [-0.3, -0.25) is 4.79 Å². The third kappa shape index (κ3) is 3.72. The Morgan fingerprint density at radius 3 is 2.90 bits per heavy atom. The van der Waals surface area contributed by atoms with E-state index >= 15 is 0 Å². The summed E-state index contributed by atoms with van der Waals surface area (Å²) in [6.07, 6.45) is 0.872. The monoisotopic (exact) mass is 340 g/mol. The minimum absolute atomic E-state index is 0.0583. The number of anilines is 1. The van der Waals surface area contributed by atoms with Crippen LogP contribution in [0.2, 0.25) is 0 Å². The highest BCUT2D eigenvalue weighted by Gasteiger charge is 2.27. The molecule has 0 aliphatic carbocycles. The molecule has 1 aromatic rings. The Bertz CT molecular complexity index is 533. The van der Waals surface area contributed by atoms with Gasteiger partial charge in [0.1, 0.15) is 0 Å². The summed E-state index contributed by atoms with van der Waals surface area (Å²) in [6, 6.07) is 5.46. The first-order valence-electron chi connectivity index (χ1n) is 6.49. The van der Waals surface area contributed by atoms with Gasteiger partial charge in [-0.2, -0.15) is 0 Å². The summed E-state index contributed by atoms with van der Waals surface area (Å²) in [6.45, 7) is 3.09. The van der Waals surface area contributed by atoms with Crippen molar-refractivity contribution in [1.82, 2.24) is 4.90 Å². The van der Waals surface area contributed by atoms with E-state index in [1.807, 2.05) is 25.1 Å². The van der Waals surface area contributed by atoms with Crippen molar-refractivity contribution in [2.75, 3.05) is 18.4 Å². The van der Waals surface area contributed by atoms with Gasteiger partial charge in [0.2, 0.25) is 0 Å². The molecule has 1 aliphatic heterocycles. The number of amides is 2. The third-order valence-corrected chi connectivity index (χ3v) is 4.31. The minimum atomic E-state index is -0.806. The molecule has 1 unspecified atom stereocenters. The number of carboxylic acids is 1. The number of benzene rings is 1. The summed E-state index contributed by atoms with van der Waals surface area (Å²) in [5, 5.41) is 11.6. The van der Waals surface area contributed by atoms with Crippen LogP contribution in [0.5, 0.6) is 0 Å². The van der Waals surface area contributed by atoms with Crippen LogP contribution in [0, 0.1) is 12.8 Å². The molecule has 0 radical (unpaired) electrons. The number of carboxylic acid groups (broad SMARTS) is 1. The average Bonchev–Trinajstić information content (AvgIpc) is 2.81. The molecule has 1 aromatic carbocycles. The van der Waals surface area contributed by atoms with E-state index in [1.165, 1.54) is 0 Å². The maximum atomic E-state index is 12.1. The molecule has 1 fully saturated rings. The molecule has 0 aromatic heterocycles. The van der Waals surface area contributed by atoms with Crippen LogP contribution in [0.3, 0.4) is 0 Å². The van der Waals surface area contributed by atoms with Crippen LogP contribution in [-0.4, -0.2) is 35.1 Å². The molecule has 2 rings (SSSR count). The van der Waals surface area contributed by atoms with Crippen molar-refractivity contribution in [3.8, 4) is 0 Å². The van der Waals surface area contributed by atoms with E-state index in [2.05, 4.69) is 21.2 Å². The minimum Gasteiger partial charge on any atom is -0.481 e. The molecule has 0 saturated carbocycles. The number of carbonyl (C=O) groups is 2. The molecule has 6 heteroatoms. The van der Waals surface area contributed by atoms with Gasteiger partial charge in [-0.1, -0.05) is 22.0 Å². The lowest BCUT2D eigenvalue weighted by atomic mass is 10.1. The van der Waals surface area contributed by atoms with Gasteiger partial charge >= 0.3 is 12.0 Å². The van der Waals surface area contributed by atoms with Crippen LogP contribution in [0.15, 0.2) is 22.7 Å². The first-order valence-corrected chi connectivity index (χ1v) is 7.29. The zero-order chi connectivity index (χ0) is 14.7. The fourth-order valence-corrected chi connectivity index (χ4v) is 2.68. The molecule has 1 heterocycles. The maximum absolute atomic E-state index is 12.1. The largest absolute Gasteiger partial charge is 0.481 e. The summed E-state index contributed by atoms with van der Waals surface area (Å²) < 4.78 is 0.945. The summed E-state index contributed by atoms with van der Waals surface area (Å²) in [5.41, 5.74) is 1.83. The number of aliphatic carboxylic acids is 1. The van der Waals surface area contributed by atoms with Crippen molar-refractivity contribution >= 4 is 33.6 Å². The Hall–Kier alpha value is -1.56. The van der Waals surface area contributed by atoms with E-state index in [1.54, 1.807) is 4.90 Å². The van der Waals surface area contributed by atoms with Crippen LogP contribution in [0.25, 0.3) is 0 Å². The van der Waals surface area contributed by atoms with Gasteiger partial charge in [-0.25, -0.2) is 4.79 Å².